The summed E-state index contributed by atoms with van der Waals surface area (Å²) in [6, 6.07) is 8.26. The molecule has 0 aromatic heterocycles. The van der Waals surface area contributed by atoms with Crippen LogP contribution in [0, 0.1) is 0 Å². The summed E-state index contributed by atoms with van der Waals surface area (Å²) >= 11 is 0. The molecule has 2 nitrogen and oxygen atoms in total. The average Bonchev–Trinajstić information content (AvgIpc) is 2.38. The third-order valence-electron chi connectivity index (χ3n) is 2.99. The van der Waals surface area contributed by atoms with Crippen molar-refractivity contribution in [3.63, 3.8) is 0 Å². The normalized spacial score (nSPS) is 16.6. The smallest absolute Gasteiger partial charge is 0.142 e. The summed E-state index contributed by atoms with van der Waals surface area (Å²) in [6.45, 7) is 2.26. The fourth-order valence-electron chi connectivity index (χ4n) is 2.19. The average molecular weight is 215 g/mol. The molecule has 84 valence electrons. The molecule has 1 aliphatic heterocycles. The number of carbonyl (C=O) groups excluding carboxylic acids is 1. The molecule has 1 aromatic carbocycles. The lowest BCUT2D eigenvalue weighted by atomic mass is 10.1. The first kappa shape index (κ1) is 10.9. The summed E-state index contributed by atoms with van der Waals surface area (Å²) in [4.78, 5) is 12.8. The van der Waals surface area contributed by atoms with Crippen LogP contribution in [0.15, 0.2) is 30.3 Å². The van der Waals surface area contributed by atoms with Gasteiger partial charge in [-0.15, -0.1) is 0 Å². The Morgan fingerprint density at radius 2 is 1.81 bits per heavy atom. The van der Waals surface area contributed by atoms with Crippen LogP contribution in [0.25, 0.3) is 6.08 Å². The number of hydrogen-bond acceptors (Lipinski definition) is 2. The van der Waals surface area contributed by atoms with Crippen LogP contribution < -0.4 is 4.90 Å². The molecule has 0 radical (unpaired) electrons. The van der Waals surface area contributed by atoms with Crippen LogP contribution >= 0.6 is 0 Å². The van der Waals surface area contributed by atoms with Gasteiger partial charge in [0, 0.05) is 18.8 Å². The maximum atomic E-state index is 10.4. The van der Waals surface area contributed by atoms with Crippen LogP contribution in [0.1, 0.15) is 24.8 Å². The molecule has 0 N–H and O–H groups in total. The topological polar surface area (TPSA) is 20.3 Å². The molecule has 0 atom stereocenters. The number of carbonyl (C=O) groups is 1. The highest BCUT2D eigenvalue weighted by Gasteiger charge is 2.12. The Kier molecular flexibility index (Phi) is 3.76. The lowest BCUT2D eigenvalue weighted by molar-refractivity contribution is -0.104. The number of rotatable bonds is 3. The molecule has 1 aliphatic rings. The predicted molar refractivity (Wildman–Crippen MR) is 67.6 cm³/mol. The van der Waals surface area contributed by atoms with Crippen LogP contribution in [-0.4, -0.2) is 19.4 Å². The van der Waals surface area contributed by atoms with E-state index >= 15 is 0 Å². The number of para-hydroxylation sites is 1. The zero-order valence-electron chi connectivity index (χ0n) is 9.43. The van der Waals surface area contributed by atoms with Crippen molar-refractivity contribution in [3.05, 3.63) is 35.9 Å². The Hall–Kier alpha value is -1.57. The summed E-state index contributed by atoms with van der Waals surface area (Å²) in [7, 11) is 0. The SMILES string of the molecule is O=C/C=C/c1ccccc1N1CCCCC1. The summed E-state index contributed by atoms with van der Waals surface area (Å²) in [5.41, 5.74) is 2.39. The van der Waals surface area contributed by atoms with E-state index in [1.54, 1.807) is 6.08 Å². The first-order valence-corrected chi connectivity index (χ1v) is 5.87. The summed E-state index contributed by atoms with van der Waals surface area (Å²) in [5, 5.41) is 0. The molecular weight excluding hydrogens is 198 g/mol. The van der Waals surface area contributed by atoms with Gasteiger partial charge in [-0.05, 0) is 43.0 Å². The molecule has 2 rings (SSSR count). The van der Waals surface area contributed by atoms with E-state index in [1.165, 1.54) is 24.9 Å². The number of anilines is 1. The van der Waals surface area contributed by atoms with E-state index in [1.807, 2.05) is 12.1 Å². The third kappa shape index (κ3) is 2.51. The lowest BCUT2D eigenvalue weighted by Gasteiger charge is -2.30. The van der Waals surface area contributed by atoms with E-state index in [0.717, 1.165) is 24.9 Å². The van der Waals surface area contributed by atoms with Crippen molar-refractivity contribution < 1.29 is 4.79 Å². The zero-order valence-corrected chi connectivity index (χ0v) is 9.43. The second-order valence-corrected chi connectivity index (χ2v) is 4.10. The van der Waals surface area contributed by atoms with E-state index in [9.17, 15) is 4.79 Å². The second-order valence-electron chi connectivity index (χ2n) is 4.10. The number of piperidine rings is 1. The summed E-state index contributed by atoms with van der Waals surface area (Å²) in [6.07, 6.45) is 8.15. The maximum absolute atomic E-state index is 10.4. The standard InChI is InChI=1S/C14H17NO/c16-12-6-8-13-7-2-3-9-14(13)15-10-4-1-5-11-15/h2-3,6-9,12H,1,4-5,10-11H2/b8-6+. The van der Waals surface area contributed by atoms with Crippen LogP contribution in [0.3, 0.4) is 0 Å². The van der Waals surface area contributed by atoms with Gasteiger partial charge in [0.15, 0.2) is 0 Å². The minimum atomic E-state index is 0.826. The monoisotopic (exact) mass is 215 g/mol. The van der Waals surface area contributed by atoms with Crippen LogP contribution in [-0.2, 0) is 4.79 Å². The summed E-state index contributed by atoms with van der Waals surface area (Å²) in [5.74, 6) is 0. The lowest BCUT2D eigenvalue weighted by Crippen LogP contribution is -2.29. The van der Waals surface area contributed by atoms with E-state index < -0.39 is 0 Å². The van der Waals surface area contributed by atoms with E-state index in [4.69, 9.17) is 0 Å². The van der Waals surface area contributed by atoms with Gasteiger partial charge in [-0.25, -0.2) is 0 Å². The van der Waals surface area contributed by atoms with Gasteiger partial charge < -0.3 is 4.90 Å². The molecule has 1 saturated heterocycles. The van der Waals surface area contributed by atoms with E-state index in [2.05, 4.69) is 23.1 Å². The summed E-state index contributed by atoms with van der Waals surface area (Å²) < 4.78 is 0. The van der Waals surface area contributed by atoms with Gasteiger partial charge in [-0.3, -0.25) is 4.79 Å². The largest absolute Gasteiger partial charge is 0.371 e. The third-order valence-corrected chi connectivity index (χ3v) is 2.99. The van der Waals surface area contributed by atoms with Crippen molar-refractivity contribution in [1.29, 1.82) is 0 Å². The molecule has 0 spiro atoms. The second kappa shape index (κ2) is 5.50. The molecule has 1 heterocycles. The Morgan fingerprint density at radius 1 is 1.06 bits per heavy atom. The molecule has 1 fully saturated rings. The molecule has 0 bridgehead atoms. The van der Waals surface area contributed by atoms with Gasteiger partial charge in [-0.2, -0.15) is 0 Å². The highest BCUT2D eigenvalue weighted by atomic mass is 16.1. The molecule has 1 aromatic rings. The molecular formula is C14H17NO. The van der Waals surface area contributed by atoms with Crippen LogP contribution in [0.5, 0.6) is 0 Å². The van der Waals surface area contributed by atoms with Crippen molar-refractivity contribution in [2.45, 2.75) is 19.3 Å². The molecule has 2 heteroatoms. The predicted octanol–water partition coefficient (Wildman–Crippen LogP) is 2.89. The molecule has 16 heavy (non-hydrogen) atoms. The van der Waals surface area contributed by atoms with Gasteiger partial charge in [0.1, 0.15) is 6.29 Å². The minimum absolute atomic E-state index is 0.826. The molecule has 0 saturated carbocycles. The van der Waals surface area contributed by atoms with Gasteiger partial charge >= 0.3 is 0 Å². The minimum Gasteiger partial charge on any atom is -0.371 e. The first-order valence-electron chi connectivity index (χ1n) is 5.87. The Balaban J connectivity index is 2.24. The quantitative estimate of drug-likeness (QED) is 0.571. The number of nitrogens with zero attached hydrogens (tertiary/aromatic N) is 1. The van der Waals surface area contributed by atoms with Gasteiger partial charge in [0.25, 0.3) is 0 Å². The Bertz CT molecular complexity index is 378. The number of hydrogen-bond donors (Lipinski definition) is 0. The number of allylic oxidation sites excluding steroid dienone is 1. The fraction of sp³-hybridized carbons (Fsp3) is 0.357. The van der Waals surface area contributed by atoms with E-state index in [-0.39, 0.29) is 0 Å². The Labute approximate surface area is 96.6 Å². The van der Waals surface area contributed by atoms with Crippen molar-refractivity contribution in [1.82, 2.24) is 0 Å². The Morgan fingerprint density at radius 3 is 2.56 bits per heavy atom. The van der Waals surface area contributed by atoms with Crippen molar-refractivity contribution >= 4 is 18.0 Å². The van der Waals surface area contributed by atoms with Crippen molar-refractivity contribution in [2.24, 2.45) is 0 Å². The van der Waals surface area contributed by atoms with Crippen LogP contribution in [0.4, 0.5) is 5.69 Å². The highest BCUT2D eigenvalue weighted by molar-refractivity contribution is 5.78. The first-order chi connectivity index (χ1) is 7.92. The van der Waals surface area contributed by atoms with Gasteiger partial charge in [-0.1, -0.05) is 18.2 Å². The molecule has 0 amide bonds. The highest BCUT2D eigenvalue weighted by Crippen LogP contribution is 2.24. The van der Waals surface area contributed by atoms with Gasteiger partial charge in [0.2, 0.25) is 0 Å². The van der Waals surface area contributed by atoms with Crippen LogP contribution in [0.2, 0.25) is 0 Å². The van der Waals surface area contributed by atoms with Gasteiger partial charge in [0.05, 0.1) is 0 Å². The maximum Gasteiger partial charge on any atom is 0.142 e. The zero-order chi connectivity index (χ0) is 11.2. The van der Waals surface area contributed by atoms with Crippen molar-refractivity contribution in [2.75, 3.05) is 18.0 Å². The number of benzene rings is 1. The van der Waals surface area contributed by atoms with E-state index in [0.29, 0.717) is 0 Å². The number of aldehydes is 1. The fourth-order valence-corrected chi connectivity index (χ4v) is 2.19. The molecule has 0 aliphatic carbocycles. The molecule has 0 unspecified atom stereocenters. The van der Waals surface area contributed by atoms with Crippen molar-refractivity contribution in [3.8, 4) is 0 Å².